The summed E-state index contributed by atoms with van der Waals surface area (Å²) < 4.78 is 18.2. The molecule has 0 aliphatic rings. The summed E-state index contributed by atoms with van der Waals surface area (Å²) >= 11 is 0. The van der Waals surface area contributed by atoms with E-state index in [0.717, 1.165) is 12.1 Å². The monoisotopic (exact) mass is 225 g/mol. The summed E-state index contributed by atoms with van der Waals surface area (Å²) in [4.78, 5) is 0. The van der Waals surface area contributed by atoms with Crippen LogP contribution >= 0.6 is 0 Å². The second kappa shape index (κ2) is 5.73. The second-order valence-electron chi connectivity index (χ2n) is 4.55. The van der Waals surface area contributed by atoms with Crippen LogP contribution in [0.5, 0.6) is 5.75 Å². The largest absolute Gasteiger partial charge is 0.497 e. The molecular formula is C13H20FNO. The lowest BCUT2D eigenvalue weighted by molar-refractivity contribution is 0.411. The molecule has 0 amide bonds. The van der Waals surface area contributed by atoms with Crippen LogP contribution in [0.15, 0.2) is 18.2 Å². The molecule has 1 rings (SSSR count). The van der Waals surface area contributed by atoms with Gasteiger partial charge in [-0.3, -0.25) is 0 Å². The Balaban J connectivity index is 2.69. The van der Waals surface area contributed by atoms with Crippen LogP contribution in [0.25, 0.3) is 0 Å². The van der Waals surface area contributed by atoms with Crippen molar-refractivity contribution in [3.8, 4) is 5.75 Å². The zero-order chi connectivity index (χ0) is 12.1. The Labute approximate surface area is 96.8 Å². The molecule has 2 nitrogen and oxygen atoms in total. The molecule has 1 unspecified atom stereocenters. The van der Waals surface area contributed by atoms with Gasteiger partial charge in [0, 0.05) is 23.9 Å². The summed E-state index contributed by atoms with van der Waals surface area (Å²) in [5.41, 5.74) is 0.769. The van der Waals surface area contributed by atoms with Crippen LogP contribution in [-0.4, -0.2) is 13.2 Å². The molecule has 0 saturated carbocycles. The standard InChI is InChI=1S/C13H20FNO/c1-9(2)5-10(3)15-12-6-11(14)7-13(8-12)16-4/h6-10,15H,5H2,1-4H3. The smallest absolute Gasteiger partial charge is 0.128 e. The first-order valence-corrected chi connectivity index (χ1v) is 5.62. The van der Waals surface area contributed by atoms with Gasteiger partial charge in [-0.2, -0.15) is 0 Å². The van der Waals surface area contributed by atoms with Crippen LogP contribution in [0.1, 0.15) is 27.2 Å². The maximum Gasteiger partial charge on any atom is 0.128 e. The van der Waals surface area contributed by atoms with Gasteiger partial charge < -0.3 is 10.1 Å². The molecular weight excluding hydrogens is 205 g/mol. The lowest BCUT2D eigenvalue weighted by Crippen LogP contribution is -2.17. The van der Waals surface area contributed by atoms with Gasteiger partial charge in [-0.1, -0.05) is 13.8 Å². The van der Waals surface area contributed by atoms with Gasteiger partial charge in [0.05, 0.1) is 7.11 Å². The van der Waals surface area contributed by atoms with Crippen molar-refractivity contribution in [3.63, 3.8) is 0 Å². The van der Waals surface area contributed by atoms with Crippen molar-refractivity contribution >= 4 is 5.69 Å². The van der Waals surface area contributed by atoms with Crippen LogP contribution < -0.4 is 10.1 Å². The first-order valence-electron chi connectivity index (χ1n) is 5.62. The summed E-state index contributed by atoms with van der Waals surface area (Å²) in [6, 6.07) is 4.99. The predicted octanol–water partition coefficient (Wildman–Crippen LogP) is 3.68. The highest BCUT2D eigenvalue weighted by atomic mass is 19.1. The van der Waals surface area contributed by atoms with E-state index in [1.807, 2.05) is 0 Å². The number of methoxy groups -OCH3 is 1. The quantitative estimate of drug-likeness (QED) is 0.825. The zero-order valence-corrected chi connectivity index (χ0v) is 10.4. The van der Waals surface area contributed by atoms with Crippen LogP contribution in [0.4, 0.5) is 10.1 Å². The average Bonchev–Trinajstić information content (AvgIpc) is 2.14. The molecule has 0 bridgehead atoms. The van der Waals surface area contributed by atoms with Gasteiger partial charge in [-0.15, -0.1) is 0 Å². The van der Waals surface area contributed by atoms with E-state index in [1.165, 1.54) is 19.2 Å². The van der Waals surface area contributed by atoms with E-state index in [-0.39, 0.29) is 5.82 Å². The van der Waals surface area contributed by atoms with Crippen LogP contribution in [0, 0.1) is 11.7 Å². The molecule has 3 heteroatoms. The van der Waals surface area contributed by atoms with E-state index in [1.54, 1.807) is 6.07 Å². The molecule has 16 heavy (non-hydrogen) atoms. The van der Waals surface area contributed by atoms with Gasteiger partial charge >= 0.3 is 0 Å². The van der Waals surface area contributed by atoms with Crippen molar-refractivity contribution < 1.29 is 9.13 Å². The minimum absolute atomic E-state index is 0.279. The van der Waals surface area contributed by atoms with Crippen molar-refractivity contribution in [2.45, 2.75) is 33.2 Å². The van der Waals surface area contributed by atoms with Gasteiger partial charge in [0.15, 0.2) is 0 Å². The molecule has 0 aliphatic carbocycles. The number of hydrogen-bond acceptors (Lipinski definition) is 2. The van der Waals surface area contributed by atoms with Crippen LogP contribution in [0.3, 0.4) is 0 Å². The fourth-order valence-corrected chi connectivity index (χ4v) is 1.81. The molecule has 0 aliphatic heterocycles. The Hall–Kier alpha value is -1.25. The molecule has 1 N–H and O–H groups in total. The summed E-state index contributed by atoms with van der Waals surface area (Å²) in [6.45, 7) is 6.44. The number of halogens is 1. The first kappa shape index (κ1) is 12.8. The van der Waals surface area contributed by atoms with Gasteiger partial charge in [-0.05, 0) is 25.3 Å². The number of hydrogen-bond donors (Lipinski definition) is 1. The summed E-state index contributed by atoms with van der Waals surface area (Å²) in [6.07, 6.45) is 1.05. The fourth-order valence-electron chi connectivity index (χ4n) is 1.81. The summed E-state index contributed by atoms with van der Waals surface area (Å²) in [5.74, 6) is 0.885. The molecule has 0 radical (unpaired) electrons. The lowest BCUT2D eigenvalue weighted by atomic mass is 10.1. The Kier molecular flexibility index (Phi) is 4.59. The van der Waals surface area contributed by atoms with Gasteiger partial charge in [0.1, 0.15) is 11.6 Å². The maximum absolute atomic E-state index is 13.2. The number of nitrogens with one attached hydrogen (secondary N) is 1. The van der Waals surface area contributed by atoms with Gasteiger partial charge in [-0.25, -0.2) is 4.39 Å². The maximum atomic E-state index is 13.2. The molecule has 0 aromatic heterocycles. The van der Waals surface area contributed by atoms with Gasteiger partial charge in [0.25, 0.3) is 0 Å². The zero-order valence-electron chi connectivity index (χ0n) is 10.4. The van der Waals surface area contributed by atoms with Crippen molar-refractivity contribution in [1.29, 1.82) is 0 Å². The highest BCUT2D eigenvalue weighted by Crippen LogP contribution is 2.21. The Morgan fingerprint density at radius 2 is 1.94 bits per heavy atom. The molecule has 90 valence electrons. The third kappa shape index (κ3) is 4.09. The molecule has 0 spiro atoms. The van der Waals surface area contributed by atoms with Crippen LogP contribution in [0.2, 0.25) is 0 Å². The summed E-state index contributed by atoms with van der Waals surface area (Å²) in [7, 11) is 1.54. The van der Waals surface area contributed by atoms with E-state index in [4.69, 9.17) is 4.74 Å². The Morgan fingerprint density at radius 3 is 2.50 bits per heavy atom. The van der Waals surface area contributed by atoms with E-state index < -0.39 is 0 Å². The topological polar surface area (TPSA) is 21.3 Å². The third-order valence-electron chi connectivity index (χ3n) is 2.35. The normalized spacial score (nSPS) is 12.6. The SMILES string of the molecule is COc1cc(F)cc(NC(C)CC(C)C)c1. The Morgan fingerprint density at radius 1 is 1.25 bits per heavy atom. The second-order valence-corrected chi connectivity index (χ2v) is 4.55. The number of rotatable bonds is 5. The lowest BCUT2D eigenvalue weighted by Gasteiger charge is -2.17. The first-order chi connectivity index (χ1) is 7.51. The minimum atomic E-state index is -0.279. The van der Waals surface area contributed by atoms with Crippen molar-refractivity contribution in [2.24, 2.45) is 5.92 Å². The molecule has 0 heterocycles. The van der Waals surface area contributed by atoms with Crippen molar-refractivity contribution in [3.05, 3.63) is 24.0 Å². The van der Waals surface area contributed by atoms with E-state index in [0.29, 0.717) is 17.7 Å². The van der Waals surface area contributed by atoms with Crippen LogP contribution in [-0.2, 0) is 0 Å². The molecule has 1 atom stereocenters. The number of anilines is 1. The number of benzene rings is 1. The van der Waals surface area contributed by atoms with Crippen molar-refractivity contribution in [2.75, 3.05) is 12.4 Å². The molecule has 0 fully saturated rings. The molecule has 1 aromatic carbocycles. The van der Waals surface area contributed by atoms with Gasteiger partial charge in [0.2, 0.25) is 0 Å². The molecule has 0 saturated heterocycles. The predicted molar refractivity (Wildman–Crippen MR) is 65.5 cm³/mol. The fraction of sp³-hybridized carbons (Fsp3) is 0.538. The highest BCUT2D eigenvalue weighted by molar-refractivity contribution is 5.49. The van der Waals surface area contributed by atoms with E-state index >= 15 is 0 Å². The third-order valence-corrected chi connectivity index (χ3v) is 2.35. The molecule has 1 aromatic rings. The van der Waals surface area contributed by atoms with E-state index in [9.17, 15) is 4.39 Å². The number of ether oxygens (including phenoxy) is 1. The Bertz CT molecular complexity index is 339. The highest BCUT2D eigenvalue weighted by Gasteiger charge is 2.06. The average molecular weight is 225 g/mol. The van der Waals surface area contributed by atoms with Crippen molar-refractivity contribution in [1.82, 2.24) is 0 Å². The summed E-state index contributed by atoms with van der Waals surface area (Å²) in [5, 5.41) is 3.27. The van der Waals surface area contributed by atoms with E-state index in [2.05, 4.69) is 26.1 Å². The minimum Gasteiger partial charge on any atom is -0.497 e.